The zero-order valence-corrected chi connectivity index (χ0v) is 8.80. The van der Waals surface area contributed by atoms with Gasteiger partial charge in [-0.25, -0.2) is 4.79 Å². The highest BCUT2D eigenvalue weighted by molar-refractivity contribution is 5.92. The summed E-state index contributed by atoms with van der Waals surface area (Å²) in [6.45, 7) is 0. The quantitative estimate of drug-likeness (QED) is 0.840. The Bertz CT molecular complexity index is 458. The van der Waals surface area contributed by atoms with Crippen LogP contribution in [0.3, 0.4) is 0 Å². The van der Waals surface area contributed by atoms with Crippen molar-refractivity contribution in [2.24, 2.45) is 0 Å². The first kappa shape index (κ1) is 11.8. The summed E-state index contributed by atoms with van der Waals surface area (Å²) >= 11 is 0. The third-order valence-corrected chi connectivity index (χ3v) is 1.99. The fraction of sp³-hybridized carbons (Fsp3) is 0.167. The van der Waals surface area contributed by atoms with Gasteiger partial charge in [0.15, 0.2) is 0 Å². The second-order valence-electron chi connectivity index (χ2n) is 3.00. The average Bonchev–Trinajstić information content (AvgIpc) is 2.29. The molecular formula is C12H11NO3. The summed E-state index contributed by atoms with van der Waals surface area (Å²) in [6.07, 6.45) is 3.61. The van der Waals surface area contributed by atoms with Crippen LogP contribution in [0.4, 0.5) is 0 Å². The minimum atomic E-state index is -1.03. The van der Waals surface area contributed by atoms with Crippen LogP contribution in [0.2, 0.25) is 0 Å². The Morgan fingerprint density at radius 2 is 2.38 bits per heavy atom. The van der Waals surface area contributed by atoms with Crippen LogP contribution in [0.15, 0.2) is 24.3 Å². The minimum Gasteiger partial charge on any atom is -0.495 e. The summed E-state index contributed by atoms with van der Waals surface area (Å²) in [5.41, 5.74) is 0.763. The van der Waals surface area contributed by atoms with Gasteiger partial charge in [-0.15, -0.1) is 0 Å². The van der Waals surface area contributed by atoms with Crippen molar-refractivity contribution in [1.29, 1.82) is 5.26 Å². The first-order valence-corrected chi connectivity index (χ1v) is 4.64. The fourth-order valence-corrected chi connectivity index (χ4v) is 1.32. The van der Waals surface area contributed by atoms with Gasteiger partial charge in [0.25, 0.3) is 0 Å². The number of carboxylic acids is 1. The third-order valence-electron chi connectivity index (χ3n) is 1.99. The van der Waals surface area contributed by atoms with E-state index in [-0.39, 0.29) is 12.0 Å². The molecule has 0 radical (unpaired) electrons. The van der Waals surface area contributed by atoms with Crippen LogP contribution < -0.4 is 4.74 Å². The molecule has 82 valence electrons. The highest BCUT2D eigenvalue weighted by Crippen LogP contribution is 2.25. The van der Waals surface area contributed by atoms with Crippen molar-refractivity contribution in [1.82, 2.24) is 0 Å². The van der Waals surface area contributed by atoms with E-state index in [0.29, 0.717) is 11.3 Å². The monoisotopic (exact) mass is 217 g/mol. The lowest BCUT2D eigenvalue weighted by Gasteiger charge is -2.07. The van der Waals surface area contributed by atoms with Gasteiger partial charge in [-0.2, -0.15) is 5.26 Å². The number of ether oxygens (including phenoxy) is 1. The second kappa shape index (κ2) is 5.56. The maximum Gasteiger partial charge on any atom is 0.339 e. The van der Waals surface area contributed by atoms with Crippen molar-refractivity contribution in [2.75, 3.05) is 7.11 Å². The first-order valence-electron chi connectivity index (χ1n) is 4.64. The Morgan fingerprint density at radius 3 is 2.94 bits per heavy atom. The Labute approximate surface area is 93.4 Å². The second-order valence-corrected chi connectivity index (χ2v) is 3.00. The van der Waals surface area contributed by atoms with Gasteiger partial charge < -0.3 is 9.84 Å². The molecule has 1 aromatic carbocycles. The van der Waals surface area contributed by atoms with Gasteiger partial charge in [0.1, 0.15) is 11.3 Å². The number of aromatic carboxylic acids is 1. The molecule has 0 aromatic heterocycles. The molecule has 1 rings (SSSR count). The van der Waals surface area contributed by atoms with Crippen LogP contribution in [0, 0.1) is 11.3 Å². The van der Waals surface area contributed by atoms with E-state index in [1.165, 1.54) is 13.2 Å². The molecule has 0 bridgehead atoms. The number of carboxylic acid groups (broad SMARTS) is 1. The van der Waals surface area contributed by atoms with Gasteiger partial charge in [-0.3, -0.25) is 0 Å². The SMILES string of the molecule is COc1c(C=CCC#N)cccc1C(=O)O. The van der Waals surface area contributed by atoms with Crippen molar-refractivity contribution >= 4 is 12.0 Å². The standard InChI is InChI=1S/C12H11NO3/c1-16-11-9(5-2-3-8-13)6-4-7-10(11)12(14)15/h2,4-7H,3H2,1H3,(H,14,15). The van der Waals surface area contributed by atoms with Crippen LogP contribution >= 0.6 is 0 Å². The molecule has 0 aliphatic carbocycles. The largest absolute Gasteiger partial charge is 0.495 e. The number of rotatable bonds is 4. The molecule has 0 atom stereocenters. The molecule has 0 unspecified atom stereocenters. The number of carbonyl (C=O) groups is 1. The summed E-state index contributed by atoms with van der Waals surface area (Å²) in [5, 5.41) is 17.3. The van der Waals surface area contributed by atoms with E-state index < -0.39 is 5.97 Å². The van der Waals surface area contributed by atoms with Crippen molar-refractivity contribution < 1.29 is 14.6 Å². The van der Waals surface area contributed by atoms with Gasteiger partial charge in [0.05, 0.1) is 19.6 Å². The lowest BCUT2D eigenvalue weighted by atomic mass is 10.1. The number of nitrogens with zero attached hydrogens (tertiary/aromatic N) is 1. The minimum absolute atomic E-state index is 0.113. The molecule has 1 aromatic rings. The maximum atomic E-state index is 10.9. The van der Waals surface area contributed by atoms with E-state index in [1.54, 1.807) is 24.3 Å². The average molecular weight is 217 g/mol. The third kappa shape index (κ3) is 2.61. The van der Waals surface area contributed by atoms with Crippen molar-refractivity contribution in [3.05, 3.63) is 35.4 Å². The van der Waals surface area contributed by atoms with Gasteiger partial charge in [0, 0.05) is 5.56 Å². The maximum absolute atomic E-state index is 10.9. The highest BCUT2D eigenvalue weighted by atomic mass is 16.5. The molecule has 0 saturated carbocycles. The molecule has 0 heterocycles. The molecule has 0 saturated heterocycles. The normalized spacial score (nSPS) is 10.0. The summed E-state index contributed by atoms with van der Waals surface area (Å²) in [5.74, 6) is -0.725. The number of hydrogen-bond acceptors (Lipinski definition) is 3. The molecule has 4 heteroatoms. The van der Waals surface area contributed by atoms with Crippen molar-refractivity contribution in [2.45, 2.75) is 6.42 Å². The molecule has 16 heavy (non-hydrogen) atoms. The van der Waals surface area contributed by atoms with Crippen molar-refractivity contribution in [3.63, 3.8) is 0 Å². The number of allylic oxidation sites excluding steroid dienone is 1. The molecule has 4 nitrogen and oxygen atoms in total. The summed E-state index contributed by atoms with van der Waals surface area (Å²) in [6, 6.07) is 6.82. The van der Waals surface area contributed by atoms with E-state index in [4.69, 9.17) is 15.1 Å². The molecular weight excluding hydrogens is 206 g/mol. The number of methoxy groups -OCH3 is 1. The number of nitriles is 1. The van der Waals surface area contributed by atoms with Crippen molar-refractivity contribution in [3.8, 4) is 11.8 Å². The van der Waals surface area contributed by atoms with Crippen LogP contribution in [-0.2, 0) is 0 Å². The van der Waals surface area contributed by atoms with Crippen LogP contribution in [0.1, 0.15) is 22.3 Å². The topological polar surface area (TPSA) is 70.3 Å². The van der Waals surface area contributed by atoms with Gasteiger partial charge in [-0.05, 0) is 6.07 Å². The summed E-state index contributed by atoms with van der Waals surface area (Å²) in [4.78, 5) is 10.9. The molecule has 1 N–H and O–H groups in total. The number of para-hydroxylation sites is 1. The van der Waals surface area contributed by atoms with Crippen LogP contribution in [-0.4, -0.2) is 18.2 Å². The van der Waals surface area contributed by atoms with Crippen LogP contribution in [0.25, 0.3) is 6.08 Å². The fourth-order valence-electron chi connectivity index (χ4n) is 1.32. The predicted molar refractivity (Wildman–Crippen MR) is 59.2 cm³/mol. The van der Waals surface area contributed by atoms with Gasteiger partial charge in [-0.1, -0.05) is 24.3 Å². The molecule has 0 aliphatic heterocycles. The highest BCUT2D eigenvalue weighted by Gasteiger charge is 2.12. The lowest BCUT2D eigenvalue weighted by Crippen LogP contribution is -2.01. The van der Waals surface area contributed by atoms with E-state index >= 15 is 0 Å². The van der Waals surface area contributed by atoms with Gasteiger partial charge in [0.2, 0.25) is 0 Å². The van der Waals surface area contributed by atoms with E-state index in [2.05, 4.69) is 0 Å². The van der Waals surface area contributed by atoms with Gasteiger partial charge >= 0.3 is 5.97 Å². The lowest BCUT2D eigenvalue weighted by molar-refractivity contribution is 0.0693. The number of benzene rings is 1. The Morgan fingerprint density at radius 1 is 1.62 bits per heavy atom. The number of hydrogen-bond donors (Lipinski definition) is 1. The predicted octanol–water partition coefficient (Wildman–Crippen LogP) is 2.32. The Balaban J connectivity index is 3.15. The Kier molecular flexibility index (Phi) is 4.10. The smallest absolute Gasteiger partial charge is 0.339 e. The summed E-state index contributed by atoms with van der Waals surface area (Å²) in [7, 11) is 1.42. The van der Waals surface area contributed by atoms with E-state index in [0.717, 1.165) is 0 Å². The summed E-state index contributed by atoms with van der Waals surface area (Å²) < 4.78 is 5.05. The molecule has 0 amide bonds. The molecule has 0 fully saturated rings. The zero-order chi connectivity index (χ0) is 12.0. The van der Waals surface area contributed by atoms with E-state index in [9.17, 15) is 4.79 Å². The molecule has 0 spiro atoms. The Hall–Kier alpha value is -2.28. The first-order chi connectivity index (χ1) is 7.70. The van der Waals surface area contributed by atoms with E-state index in [1.807, 2.05) is 6.07 Å². The van der Waals surface area contributed by atoms with Crippen LogP contribution in [0.5, 0.6) is 5.75 Å². The zero-order valence-electron chi connectivity index (χ0n) is 8.80. The molecule has 0 aliphatic rings.